The topological polar surface area (TPSA) is 63.7 Å². The van der Waals surface area contributed by atoms with Gasteiger partial charge in [-0.2, -0.15) is 0 Å². The molecule has 1 aromatic heterocycles. The van der Waals surface area contributed by atoms with Crippen LogP contribution in [0.2, 0.25) is 0 Å². The second-order valence-electron chi connectivity index (χ2n) is 4.96. The molecule has 1 aromatic rings. The first-order chi connectivity index (χ1) is 9.65. The maximum Gasteiger partial charge on any atom is 0.308 e. The van der Waals surface area contributed by atoms with Crippen molar-refractivity contribution in [3.8, 4) is 0 Å². The predicted molar refractivity (Wildman–Crippen MR) is 76.6 cm³/mol. The molecule has 0 aliphatic carbocycles. The summed E-state index contributed by atoms with van der Waals surface area (Å²) < 4.78 is 4.80. The van der Waals surface area contributed by atoms with Crippen molar-refractivity contribution in [2.75, 3.05) is 37.7 Å². The van der Waals surface area contributed by atoms with Crippen LogP contribution in [-0.2, 0) is 14.4 Å². The molecule has 6 nitrogen and oxygen atoms in total. The van der Waals surface area contributed by atoms with Crippen LogP contribution in [0, 0.1) is 12.8 Å². The Hall–Kier alpha value is -1.82. The van der Waals surface area contributed by atoms with Gasteiger partial charge in [-0.25, -0.2) is 4.98 Å². The van der Waals surface area contributed by atoms with Crippen molar-refractivity contribution >= 4 is 17.5 Å². The van der Waals surface area contributed by atoms with E-state index in [0.717, 1.165) is 43.0 Å². The van der Waals surface area contributed by atoms with Crippen molar-refractivity contribution in [2.45, 2.75) is 19.8 Å². The molecular formula is C14H21N3O3. The van der Waals surface area contributed by atoms with Gasteiger partial charge in [-0.05, 0) is 31.4 Å². The van der Waals surface area contributed by atoms with Gasteiger partial charge in [0, 0.05) is 13.1 Å². The fourth-order valence-electron chi connectivity index (χ4n) is 2.57. The number of rotatable bonds is 4. The van der Waals surface area contributed by atoms with E-state index >= 15 is 0 Å². The molecule has 6 heteroatoms. The van der Waals surface area contributed by atoms with Crippen LogP contribution < -0.4 is 10.4 Å². The van der Waals surface area contributed by atoms with Crippen LogP contribution in [0.3, 0.4) is 0 Å². The second-order valence-corrected chi connectivity index (χ2v) is 4.96. The number of carbonyl (C=O) groups is 1. The molecule has 0 amide bonds. The Morgan fingerprint density at radius 3 is 2.65 bits per heavy atom. The predicted octanol–water partition coefficient (Wildman–Crippen LogP) is 1.75. The average molecular weight is 279 g/mol. The minimum atomic E-state index is -0.103. The number of hydrogen-bond acceptors (Lipinski definition) is 6. The zero-order chi connectivity index (χ0) is 14.5. The first-order valence-electron chi connectivity index (χ1n) is 6.74. The molecule has 0 bridgehead atoms. The molecule has 0 spiro atoms. The van der Waals surface area contributed by atoms with E-state index in [9.17, 15) is 4.79 Å². The van der Waals surface area contributed by atoms with Crippen molar-refractivity contribution in [3.63, 3.8) is 0 Å². The van der Waals surface area contributed by atoms with Gasteiger partial charge >= 0.3 is 5.97 Å². The summed E-state index contributed by atoms with van der Waals surface area (Å²) in [6.07, 6.45) is 3.37. The highest BCUT2D eigenvalue weighted by atomic mass is 16.6. The standard InChI is InChI=1S/C14H21N3O3/c1-10-8-12(16-20-3)9-15-13(10)17-6-4-11(5-7-17)14(18)19-2/h8-9,11,16H,4-7H2,1-3H3. The Morgan fingerprint density at radius 2 is 2.10 bits per heavy atom. The van der Waals surface area contributed by atoms with Crippen molar-refractivity contribution in [1.82, 2.24) is 4.98 Å². The minimum Gasteiger partial charge on any atom is -0.469 e. The largest absolute Gasteiger partial charge is 0.469 e. The van der Waals surface area contributed by atoms with Crippen molar-refractivity contribution in [3.05, 3.63) is 17.8 Å². The molecule has 0 atom stereocenters. The van der Waals surface area contributed by atoms with Gasteiger partial charge in [-0.3, -0.25) is 15.1 Å². The first-order valence-corrected chi connectivity index (χ1v) is 6.74. The number of aryl methyl sites for hydroxylation is 1. The van der Waals surface area contributed by atoms with Gasteiger partial charge in [0.1, 0.15) is 5.82 Å². The second kappa shape index (κ2) is 6.56. The van der Waals surface area contributed by atoms with Gasteiger partial charge in [0.25, 0.3) is 0 Å². The summed E-state index contributed by atoms with van der Waals surface area (Å²) >= 11 is 0. The van der Waals surface area contributed by atoms with Gasteiger partial charge in [0.05, 0.1) is 32.0 Å². The van der Waals surface area contributed by atoms with Gasteiger partial charge in [-0.15, -0.1) is 0 Å². The number of piperidine rings is 1. The molecule has 0 aromatic carbocycles. The van der Waals surface area contributed by atoms with Crippen LogP contribution in [0.1, 0.15) is 18.4 Å². The third-order valence-electron chi connectivity index (χ3n) is 3.60. The van der Waals surface area contributed by atoms with Crippen LogP contribution >= 0.6 is 0 Å². The van der Waals surface area contributed by atoms with E-state index in [4.69, 9.17) is 9.57 Å². The van der Waals surface area contributed by atoms with Gasteiger partial charge in [0.15, 0.2) is 0 Å². The first kappa shape index (κ1) is 14.6. The Bertz CT molecular complexity index is 471. The number of aromatic nitrogens is 1. The fourth-order valence-corrected chi connectivity index (χ4v) is 2.57. The molecule has 20 heavy (non-hydrogen) atoms. The number of methoxy groups -OCH3 is 1. The lowest BCUT2D eigenvalue weighted by Crippen LogP contribution is -2.37. The van der Waals surface area contributed by atoms with Crippen LogP contribution in [0.15, 0.2) is 12.3 Å². The maximum atomic E-state index is 11.5. The normalized spacial score (nSPS) is 16.1. The molecule has 1 aliphatic heterocycles. The molecule has 1 aliphatic rings. The van der Waals surface area contributed by atoms with Crippen LogP contribution in [0.5, 0.6) is 0 Å². The summed E-state index contributed by atoms with van der Waals surface area (Å²) in [6, 6.07) is 2.00. The number of nitrogens with zero attached hydrogens (tertiary/aromatic N) is 2. The highest BCUT2D eigenvalue weighted by Crippen LogP contribution is 2.26. The SMILES string of the molecule is CONc1cnc(N2CCC(C(=O)OC)CC2)c(C)c1. The third kappa shape index (κ3) is 3.19. The lowest BCUT2D eigenvalue weighted by Gasteiger charge is -2.32. The Labute approximate surface area is 119 Å². The molecule has 1 N–H and O–H groups in total. The van der Waals surface area contributed by atoms with E-state index < -0.39 is 0 Å². The molecule has 2 heterocycles. The Balaban J connectivity index is 2.01. The molecule has 2 rings (SSSR count). The van der Waals surface area contributed by atoms with E-state index in [2.05, 4.69) is 15.4 Å². The van der Waals surface area contributed by atoms with Gasteiger partial charge < -0.3 is 9.64 Å². The minimum absolute atomic E-state index is 0.0194. The maximum absolute atomic E-state index is 11.5. The molecule has 0 saturated carbocycles. The van der Waals surface area contributed by atoms with Crippen molar-refractivity contribution in [1.29, 1.82) is 0 Å². The van der Waals surface area contributed by atoms with Crippen LogP contribution in [0.4, 0.5) is 11.5 Å². The number of anilines is 2. The lowest BCUT2D eigenvalue weighted by atomic mass is 9.97. The lowest BCUT2D eigenvalue weighted by molar-refractivity contribution is -0.146. The summed E-state index contributed by atoms with van der Waals surface area (Å²) in [6.45, 7) is 3.67. The monoisotopic (exact) mass is 279 g/mol. The van der Waals surface area contributed by atoms with Crippen LogP contribution in [0.25, 0.3) is 0 Å². The van der Waals surface area contributed by atoms with E-state index in [1.54, 1.807) is 13.3 Å². The molecule has 0 radical (unpaired) electrons. The number of pyridine rings is 1. The van der Waals surface area contributed by atoms with Gasteiger partial charge in [0.2, 0.25) is 0 Å². The fraction of sp³-hybridized carbons (Fsp3) is 0.571. The zero-order valence-corrected chi connectivity index (χ0v) is 12.2. The quantitative estimate of drug-likeness (QED) is 0.669. The number of hydrogen-bond donors (Lipinski definition) is 1. The third-order valence-corrected chi connectivity index (χ3v) is 3.60. The number of esters is 1. The number of ether oxygens (including phenoxy) is 1. The summed E-state index contributed by atoms with van der Waals surface area (Å²) in [7, 11) is 3.02. The number of carbonyl (C=O) groups excluding carboxylic acids is 1. The summed E-state index contributed by atoms with van der Waals surface area (Å²) in [5.74, 6) is 0.884. The Kier molecular flexibility index (Phi) is 4.79. The number of nitrogens with one attached hydrogen (secondary N) is 1. The molecule has 1 saturated heterocycles. The highest BCUT2D eigenvalue weighted by Gasteiger charge is 2.26. The molecule has 110 valence electrons. The summed E-state index contributed by atoms with van der Waals surface area (Å²) in [4.78, 5) is 23.1. The summed E-state index contributed by atoms with van der Waals surface area (Å²) in [5.41, 5.74) is 4.68. The highest BCUT2D eigenvalue weighted by molar-refractivity contribution is 5.72. The van der Waals surface area contributed by atoms with Crippen LogP contribution in [-0.4, -0.2) is 38.3 Å². The van der Waals surface area contributed by atoms with Crippen molar-refractivity contribution in [2.24, 2.45) is 5.92 Å². The van der Waals surface area contributed by atoms with E-state index in [-0.39, 0.29) is 11.9 Å². The Morgan fingerprint density at radius 1 is 1.40 bits per heavy atom. The molecule has 1 fully saturated rings. The molecule has 0 unspecified atom stereocenters. The van der Waals surface area contributed by atoms with Crippen molar-refractivity contribution < 1.29 is 14.4 Å². The summed E-state index contributed by atoms with van der Waals surface area (Å²) in [5, 5.41) is 0. The average Bonchev–Trinajstić information content (AvgIpc) is 2.47. The van der Waals surface area contributed by atoms with E-state index in [1.807, 2.05) is 13.0 Å². The smallest absolute Gasteiger partial charge is 0.308 e. The zero-order valence-electron chi connectivity index (χ0n) is 12.2. The molecular weight excluding hydrogens is 258 g/mol. The van der Waals surface area contributed by atoms with Gasteiger partial charge in [-0.1, -0.05) is 0 Å². The van der Waals surface area contributed by atoms with E-state index in [1.165, 1.54) is 7.11 Å². The van der Waals surface area contributed by atoms with E-state index in [0.29, 0.717) is 0 Å².